The third-order valence-corrected chi connectivity index (χ3v) is 4.37. The first-order valence-corrected chi connectivity index (χ1v) is 7.44. The zero-order chi connectivity index (χ0) is 14.7. The molecule has 2 atom stereocenters. The van der Waals surface area contributed by atoms with Gasteiger partial charge in [0.05, 0.1) is 12.2 Å². The number of benzene rings is 1. The first kappa shape index (κ1) is 14.4. The molecule has 0 amide bonds. The Labute approximate surface area is 124 Å². The predicted molar refractivity (Wildman–Crippen MR) is 78.6 cm³/mol. The van der Waals surface area contributed by atoms with E-state index in [9.17, 15) is 9.90 Å². The Hall–Kier alpha value is -1.59. The predicted octanol–water partition coefficient (Wildman–Crippen LogP) is 1.92. The Bertz CT molecular complexity index is 484. The van der Waals surface area contributed by atoms with Crippen LogP contribution in [0.2, 0.25) is 0 Å². The Morgan fingerprint density at radius 1 is 1.33 bits per heavy atom. The van der Waals surface area contributed by atoms with Gasteiger partial charge in [0.15, 0.2) is 0 Å². The van der Waals surface area contributed by atoms with Crippen molar-refractivity contribution in [3.63, 3.8) is 0 Å². The SMILES string of the molecule is O=C(O)CN(c1ccccc1)C1CCOC2(CCOC2)C1. The molecular formula is C16H21NO4. The van der Waals surface area contributed by atoms with Crippen molar-refractivity contribution < 1.29 is 19.4 Å². The number of hydrogen-bond acceptors (Lipinski definition) is 4. The molecular weight excluding hydrogens is 270 g/mol. The summed E-state index contributed by atoms with van der Waals surface area (Å²) in [4.78, 5) is 13.2. The maximum Gasteiger partial charge on any atom is 0.323 e. The van der Waals surface area contributed by atoms with Gasteiger partial charge in [0.2, 0.25) is 0 Å². The van der Waals surface area contributed by atoms with Gasteiger partial charge in [-0.2, -0.15) is 0 Å². The average Bonchev–Trinajstić information content (AvgIpc) is 2.93. The summed E-state index contributed by atoms with van der Waals surface area (Å²) in [6.07, 6.45) is 2.58. The Balaban J connectivity index is 1.80. The molecule has 3 rings (SSSR count). The Morgan fingerprint density at radius 3 is 2.81 bits per heavy atom. The molecule has 2 fully saturated rings. The molecule has 1 spiro atoms. The number of ether oxygens (including phenoxy) is 2. The fourth-order valence-corrected chi connectivity index (χ4v) is 3.33. The van der Waals surface area contributed by atoms with Crippen LogP contribution in [0.25, 0.3) is 0 Å². The highest BCUT2D eigenvalue weighted by Gasteiger charge is 2.42. The number of para-hydroxylation sites is 1. The first-order chi connectivity index (χ1) is 10.2. The van der Waals surface area contributed by atoms with Crippen LogP contribution in [0.15, 0.2) is 30.3 Å². The zero-order valence-corrected chi connectivity index (χ0v) is 12.0. The lowest BCUT2D eigenvalue weighted by Gasteiger charge is -2.42. The van der Waals surface area contributed by atoms with Crippen LogP contribution in [0.5, 0.6) is 0 Å². The van der Waals surface area contributed by atoms with E-state index in [0.717, 1.165) is 31.6 Å². The van der Waals surface area contributed by atoms with E-state index in [4.69, 9.17) is 9.47 Å². The van der Waals surface area contributed by atoms with Gasteiger partial charge in [0.25, 0.3) is 0 Å². The molecule has 114 valence electrons. The van der Waals surface area contributed by atoms with Crippen molar-refractivity contribution in [3.8, 4) is 0 Å². The van der Waals surface area contributed by atoms with Crippen LogP contribution >= 0.6 is 0 Å². The lowest BCUT2D eigenvalue weighted by molar-refractivity contribution is -0.136. The minimum Gasteiger partial charge on any atom is -0.480 e. The molecule has 2 unspecified atom stereocenters. The van der Waals surface area contributed by atoms with Crippen LogP contribution in [0.4, 0.5) is 5.69 Å². The van der Waals surface area contributed by atoms with E-state index in [1.807, 2.05) is 35.2 Å². The van der Waals surface area contributed by atoms with Crippen molar-refractivity contribution in [3.05, 3.63) is 30.3 Å². The van der Waals surface area contributed by atoms with E-state index in [-0.39, 0.29) is 18.2 Å². The van der Waals surface area contributed by atoms with Crippen molar-refractivity contribution in [2.45, 2.75) is 30.9 Å². The normalized spacial score (nSPS) is 28.7. The van der Waals surface area contributed by atoms with Gasteiger partial charge >= 0.3 is 5.97 Å². The van der Waals surface area contributed by atoms with Crippen molar-refractivity contribution >= 4 is 11.7 Å². The van der Waals surface area contributed by atoms with Gasteiger partial charge < -0.3 is 19.5 Å². The van der Waals surface area contributed by atoms with Gasteiger partial charge in [0, 0.05) is 31.4 Å². The maximum absolute atomic E-state index is 11.2. The lowest BCUT2D eigenvalue weighted by atomic mass is 9.88. The summed E-state index contributed by atoms with van der Waals surface area (Å²) in [6.45, 7) is 2.04. The van der Waals surface area contributed by atoms with Gasteiger partial charge in [0.1, 0.15) is 6.54 Å². The highest BCUT2D eigenvalue weighted by atomic mass is 16.6. The number of nitrogens with zero attached hydrogens (tertiary/aromatic N) is 1. The average molecular weight is 291 g/mol. The topological polar surface area (TPSA) is 59.0 Å². The van der Waals surface area contributed by atoms with E-state index in [0.29, 0.717) is 13.2 Å². The van der Waals surface area contributed by atoms with Crippen molar-refractivity contribution in [2.75, 3.05) is 31.3 Å². The number of aliphatic carboxylic acids is 1. The summed E-state index contributed by atoms with van der Waals surface area (Å²) in [6, 6.07) is 9.94. The quantitative estimate of drug-likeness (QED) is 0.918. The molecule has 1 aromatic rings. The minimum atomic E-state index is -0.804. The fourth-order valence-electron chi connectivity index (χ4n) is 3.33. The summed E-state index contributed by atoms with van der Waals surface area (Å²) in [7, 11) is 0. The highest BCUT2D eigenvalue weighted by Crippen LogP contribution is 2.36. The molecule has 5 heteroatoms. The number of carbonyl (C=O) groups is 1. The third kappa shape index (κ3) is 3.19. The molecule has 0 radical (unpaired) electrons. The molecule has 0 saturated carbocycles. The van der Waals surface area contributed by atoms with Crippen LogP contribution in [-0.2, 0) is 14.3 Å². The van der Waals surface area contributed by atoms with E-state index < -0.39 is 5.97 Å². The van der Waals surface area contributed by atoms with E-state index in [2.05, 4.69) is 0 Å². The minimum absolute atomic E-state index is 0.0195. The molecule has 2 aliphatic rings. The van der Waals surface area contributed by atoms with Gasteiger partial charge in [-0.05, 0) is 25.0 Å². The number of carboxylic acids is 1. The van der Waals surface area contributed by atoms with Crippen LogP contribution in [0, 0.1) is 0 Å². The largest absolute Gasteiger partial charge is 0.480 e. The summed E-state index contributed by atoms with van der Waals surface area (Å²) in [5.74, 6) is -0.804. The molecule has 2 aliphatic heterocycles. The van der Waals surface area contributed by atoms with Crippen molar-refractivity contribution in [1.29, 1.82) is 0 Å². The highest BCUT2D eigenvalue weighted by molar-refractivity contribution is 5.74. The van der Waals surface area contributed by atoms with Crippen LogP contribution in [0.3, 0.4) is 0 Å². The number of rotatable bonds is 4. The zero-order valence-electron chi connectivity index (χ0n) is 12.0. The summed E-state index contributed by atoms with van der Waals surface area (Å²) in [5.41, 5.74) is 0.745. The summed E-state index contributed by atoms with van der Waals surface area (Å²) >= 11 is 0. The van der Waals surface area contributed by atoms with Gasteiger partial charge in [-0.1, -0.05) is 18.2 Å². The second-order valence-electron chi connectivity index (χ2n) is 5.84. The Morgan fingerprint density at radius 2 is 2.14 bits per heavy atom. The second kappa shape index (κ2) is 6.03. The second-order valence-corrected chi connectivity index (χ2v) is 5.84. The molecule has 5 nitrogen and oxygen atoms in total. The third-order valence-electron chi connectivity index (χ3n) is 4.37. The van der Waals surface area contributed by atoms with E-state index in [1.165, 1.54) is 0 Å². The summed E-state index contributed by atoms with van der Waals surface area (Å²) in [5, 5.41) is 9.24. The maximum atomic E-state index is 11.2. The molecule has 1 aromatic carbocycles. The number of anilines is 1. The molecule has 2 saturated heterocycles. The van der Waals surface area contributed by atoms with Gasteiger partial charge in [-0.25, -0.2) is 0 Å². The summed E-state index contributed by atoms with van der Waals surface area (Å²) < 4.78 is 11.4. The molecule has 21 heavy (non-hydrogen) atoms. The standard InChI is InChI=1S/C16H21NO4/c18-15(19)11-17(13-4-2-1-3-5-13)14-6-8-21-16(10-14)7-9-20-12-16/h1-5,14H,6-12H2,(H,18,19). The fraction of sp³-hybridized carbons (Fsp3) is 0.562. The Kier molecular flexibility index (Phi) is 4.12. The number of hydrogen-bond donors (Lipinski definition) is 1. The molecule has 0 bridgehead atoms. The van der Waals surface area contributed by atoms with Gasteiger partial charge in [-0.3, -0.25) is 4.79 Å². The van der Waals surface area contributed by atoms with Crippen molar-refractivity contribution in [1.82, 2.24) is 0 Å². The molecule has 2 heterocycles. The van der Waals surface area contributed by atoms with E-state index >= 15 is 0 Å². The molecule has 0 aromatic heterocycles. The monoisotopic (exact) mass is 291 g/mol. The number of carboxylic acid groups (broad SMARTS) is 1. The van der Waals surface area contributed by atoms with Gasteiger partial charge in [-0.15, -0.1) is 0 Å². The van der Waals surface area contributed by atoms with Crippen molar-refractivity contribution in [2.24, 2.45) is 0 Å². The van der Waals surface area contributed by atoms with Crippen LogP contribution in [-0.4, -0.2) is 49.1 Å². The van der Waals surface area contributed by atoms with E-state index in [1.54, 1.807) is 0 Å². The molecule has 0 aliphatic carbocycles. The molecule has 1 N–H and O–H groups in total. The lowest BCUT2D eigenvalue weighted by Crippen LogP contribution is -2.50. The first-order valence-electron chi connectivity index (χ1n) is 7.44. The smallest absolute Gasteiger partial charge is 0.323 e. The van der Waals surface area contributed by atoms with Crippen LogP contribution in [0.1, 0.15) is 19.3 Å². The van der Waals surface area contributed by atoms with Crippen LogP contribution < -0.4 is 4.90 Å².